The van der Waals surface area contributed by atoms with Gasteiger partial charge in [-0.2, -0.15) is 0 Å². The van der Waals surface area contributed by atoms with Crippen molar-refractivity contribution in [1.29, 1.82) is 0 Å². The first-order valence-corrected chi connectivity index (χ1v) is 7.75. The minimum Gasteiger partial charge on any atom is -0.382 e. The Kier molecular flexibility index (Phi) is 7.05. The van der Waals surface area contributed by atoms with E-state index in [1.165, 1.54) is 29.2 Å². The van der Waals surface area contributed by atoms with Crippen LogP contribution in [-0.4, -0.2) is 53.9 Å². The number of aromatic nitrogens is 2. The largest absolute Gasteiger partial charge is 0.382 e. The van der Waals surface area contributed by atoms with Crippen LogP contribution in [-0.2, 0) is 9.47 Å². The van der Waals surface area contributed by atoms with Crippen LogP contribution in [0.25, 0.3) is 5.69 Å². The average molecular weight is 348 g/mol. The zero-order valence-electron chi connectivity index (χ0n) is 13.9. The summed E-state index contributed by atoms with van der Waals surface area (Å²) in [6, 6.07) is 4.34. The molecule has 9 heteroatoms. The normalized spacial score (nSPS) is 10.6. The first-order chi connectivity index (χ1) is 12.1. The molecule has 0 aliphatic carbocycles. The van der Waals surface area contributed by atoms with Gasteiger partial charge in [-0.3, -0.25) is 14.9 Å². The summed E-state index contributed by atoms with van der Waals surface area (Å²) in [5.41, 5.74) is 0.426. The molecule has 0 saturated heterocycles. The molecule has 0 aliphatic rings. The van der Waals surface area contributed by atoms with Crippen LogP contribution in [0.1, 0.15) is 16.8 Å². The maximum absolute atomic E-state index is 12.1. The van der Waals surface area contributed by atoms with E-state index in [2.05, 4.69) is 10.3 Å². The molecule has 0 unspecified atom stereocenters. The molecule has 1 heterocycles. The lowest BCUT2D eigenvalue weighted by Crippen LogP contribution is -2.25. The van der Waals surface area contributed by atoms with Crippen LogP contribution < -0.4 is 5.32 Å². The molecule has 134 valence electrons. The Morgan fingerprint density at radius 1 is 1.36 bits per heavy atom. The third-order valence-corrected chi connectivity index (χ3v) is 3.40. The van der Waals surface area contributed by atoms with Gasteiger partial charge in [0.25, 0.3) is 11.6 Å². The summed E-state index contributed by atoms with van der Waals surface area (Å²) in [6.07, 6.45) is 5.24. The van der Waals surface area contributed by atoms with Crippen LogP contribution in [0.4, 0.5) is 5.69 Å². The summed E-state index contributed by atoms with van der Waals surface area (Å²) >= 11 is 0. The molecular weight excluding hydrogens is 328 g/mol. The topological polar surface area (TPSA) is 109 Å². The number of nitro groups is 1. The van der Waals surface area contributed by atoms with Gasteiger partial charge in [0.2, 0.25) is 0 Å². The van der Waals surface area contributed by atoms with Crippen molar-refractivity contribution in [2.45, 2.75) is 6.42 Å². The molecule has 1 aromatic heterocycles. The number of rotatable bonds is 10. The number of carbonyl (C=O) groups is 1. The average Bonchev–Trinajstić information content (AvgIpc) is 3.14. The zero-order chi connectivity index (χ0) is 18.1. The van der Waals surface area contributed by atoms with Crippen LogP contribution in [0.3, 0.4) is 0 Å². The monoisotopic (exact) mass is 348 g/mol. The molecule has 0 fully saturated rings. The summed E-state index contributed by atoms with van der Waals surface area (Å²) in [4.78, 5) is 26.8. The predicted octanol–water partition coefficient (Wildman–Crippen LogP) is 1.56. The van der Waals surface area contributed by atoms with E-state index in [0.717, 1.165) is 0 Å². The second-order valence-corrected chi connectivity index (χ2v) is 5.15. The molecule has 1 amide bonds. The Labute approximate surface area is 144 Å². The molecule has 0 radical (unpaired) electrons. The molecule has 1 aromatic carbocycles. The highest BCUT2D eigenvalue weighted by Crippen LogP contribution is 2.24. The maximum atomic E-state index is 12.1. The lowest BCUT2D eigenvalue weighted by Gasteiger charge is -2.08. The van der Waals surface area contributed by atoms with E-state index in [1.807, 2.05) is 0 Å². The molecule has 0 bridgehead atoms. The number of carbonyl (C=O) groups excluding carboxylic acids is 1. The van der Waals surface area contributed by atoms with Gasteiger partial charge in [0.05, 0.1) is 24.5 Å². The molecule has 0 saturated carbocycles. The third-order valence-electron chi connectivity index (χ3n) is 3.40. The fourth-order valence-electron chi connectivity index (χ4n) is 2.15. The molecule has 9 nitrogen and oxygen atoms in total. The number of ether oxygens (including phenoxy) is 2. The van der Waals surface area contributed by atoms with Crippen LogP contribution >= 0.6 is 0 Å². The van der Waals surface area contributed by atoms with Gasteiger partial charge in [0.1, 0.15) is 5.69 Å². The fraction of sp³-hybridized carbons (Fsp3) is 0.375. The molecule has 0 atom stereocenters. The second kappa shape index (κ2) is 9.50. The number of hydrogen-bond donors (Lipinski definition) is 1. The van der Waals surface area contributed by atoms with Gasteiger partial charge in [-0.15, -0.1) is 0 Å². The number of amides is 1. The molecule has 25 heavy (non-hydrogen) atoms. The van der Waals surface area contributed by atoms with Crippen LogP contribution in [0.2, 0.25) is 0 Å². The van der Waals surface area contributed by atoms with Crippen molar-refractivity contribution in [1.82, 2.24) is 14.9 Å². The van der Waals surface area contributed by atoms with Crippen LogP contribution in [0.15, 0.2) is 36.9 Å². The summed E-state index contributed by atoms with van der Waals surface area (Å²) in [6.45, 7) is 1.96. The Balaban J connectivity index is 1.94. The number of methoxy groups -OCH3 is 1. The summed E-state index contributed by atoms with van der Waals surface area (Å²) < 4.78 is 11.7. The Morgan fingerprint density at radius 2 is 2.20 bits per heavy atom. The van der Waals surface area contributed by atoms with Gasteiger partial charge >= 0.3 is 0 Å². The van der Waals surface area contributed by atoms with E-state index < -0.39 is 4.92 Å². The van der Waals surface area contributed by atoms with E-state index in [-0.39, 0.29) is 17.2 Å². The minimum absolute atomic E-state index is 0.159. The van der Waals surface area contributed by atoms with Gasteiger partial charge in [-0.25, -0.2) is 4.98 Å². The molecule has 0 spiro atoms. The number of hydrogen-bond acceptors (Lipinski definition) is 6. The van der Waals surface area contributed by atoms with Crippen LogP contribution in [0.5, 0.6) is 0 Å². The zero-order valence-corrected chi connectivity index (χ0v) is 13.9. The molecule has 2 rings (SSSR count). The Hall–Kier alpha value is -2.78. The Bertz CT molecular complexity index is 703. The Morgan fingerprint density at radius 3 is 2.88 bits per heavy atom. The van der Waals surface area contributed by atoms with E-state index in [4.69, 9.17) is 9.47 Å². The lowest BCUT2D eigenvalue weighted by molar-refractivity contribution is -0.384. The third kappa shape index (κ3) is 5.37. The highest BCUT2D eigenvalue weighted by atomic mass is 16.6. The van der Waals surface area contributed by atoms with Gasteiger partial charge in [0, 0.05) is 44.3 Å². The van der Waals surface area contributed by atoms with E-state index in [0.29, 0.717) is 38.5 Å². The quantitative estimate of drug-likeness (QED) is 0.396. The van der Waals surface area contributed by atoms with Gasteiger partial charge in [-0.05, 0) is 18.6 Å². The lowest BCUT2D eigenvalue weighted by atomic mass is 10.1. The van der Waals surface area contributed by atoms with Gasteiger partial charge in [-0.1, -0.05) is 0 Å². The first kappa shape index (κ1) is 18.6. The summed E-state index contributed by atoms with van der Waals surface area (Å²) in [5.74, 6) is -0.364. The highest BCUT2D eigenvalue weighted by Gasteiger charge is 2.18. The second-order valence-electron chi connectivity index (χ2n) is 5.15. The fourth-order valence-corrected chi connectivity index (χ4v) is 2.15. The number of nitrogens with zero attached hydrogens (tertiary/aromatic N) is 3. The molecule has 1 N–H and O–H groups in total. The first-order valence-electron chi connectivity index (χ1n) is 7.75. The van der Waals surface area contributed by atoms with Gasteiger partial charge in [0.15, 0.2) is 0 Å². The van der Waals surface area contributed by atoms with Crippen molar-refractivity contribution in [3.63, 3.8) is 0 Å². The SMILES string of the molecule is COCCOCCCNC(=O)c1ccc(-n2ccnc2)c([N+](=O)[O-])c1. The smallest absolute Gasteiger partial charge is 0.294 e. The van der Waals surface area contributed by atoms with E-state index >= 15 is 0 Å². The number of nitrogens with one attached hydrogen (secondary N) is 1. The van der Waals surface area contributed by atoms with Crippen molar-refractivity contribution >= 4 is 11.6 Å². The van der Waals surface area contributed by atoms with Crippen LogP contribution in [0, 0.1) is 10.1 Å². The van der Waals surface area contributed by atoms with Crippen molar-refractivity contribution in [2.24, 2.45) is 0 Å². The summed E-state index contributed by atoms with van der Waals surface area (Å²) in [5, 5.41) is 14.0. The molecular formula is C16H20N4O5. The van der Waals surface area contributed by atoms with Crippen molar-refractivity contribution in [3.05, 3.63) is 52.6 Å². The van der Waals surface area contributed by atoms with E-state index in [9.17, 15) is 14.9 Å². The van der Waals surface area contributed by atoms with E-state index in [1.54, 1.807) is 19.4 Å². The number of nitro benzene ring substituents is 1. The number of benzene rings is 1. The summed E-state index contributed by atoms with van der Waals surface area (Å²) in [7, 11) is 1.60. The maximum Gasteiger partial charge on any atom is 0.294 e. The highest BCUT2D eigenvalue weighted by molar-refractivity contribution is 5.95. The van der Waals surface area contributed by atoms with Crippen molar-refractivity contribution in [3.8, 4) is 5.69 Å². The minimum atomic E-state index is -0.518. The van der Waals surface area contributed by atoms with Crippen molar-refractivity contribution < 1.29 is 19.2 Å². The molecule has 2 aromatic rings. The standard InChI is InChI=1S/C16H20N4O5/c1-24-9-10-25-8-2-5-18-16(21)13-3-4-14(15(11-13)20(22)23)19-7-6-17-12-19/h3-4,6-7,11-12H,2,5,8-10H2,1H3,(H,18,21). The number of imidazole rings is 1. The molecule has 0 aliphatic heterocycles. The predicted molar refractivity (Wildman–Crippen MR) is 89.9 cm³/mol. The van der Waals surface area contributed by atoms with Gasteiger partial charge < -0.3 is 19.4 Å². The van der Waals surface area contributed by atoms with Crippen molar-refractivity contribution in [2.75, 3.05) is 33.5 Å².